The SMILES string of the molecule is Brc1ccc(NC2CCC(Oc3cc(N4CCOCC4)cc4nccnc34)CC2)nc1.CCc1ccc(C(=O)NC2CCC(Oc3cc(N4CCOCC4)cc4nccnc34)CC2)nc1.Cc1cccc(C(=O)NC2CCC(Oc3cc(N4CCOCC4)cc4nccnc34)CC2)n1.O=C(c1cnc(NC2CCC(Oc3cc(N4CCOCC4)cc4nccnc34)CC2)nc1)N1CCCC1. The van der Waals surface area contributed by atoms with Crippen molar-refractivity contribution in [2.45, 2.75) is 184 Å². The second-order valence-electron chi connectivity index (χ2n) is 35.7. The van der Waals surface area contributed by atoms with Crippen molar-refractivity contribution in [1.29, 1.82) is 0 Å². The fourth-order valence-electron chi connectivity index (χ4n) is 18.9. The summed E-state index contributed by atoms with van der Waals surface area (Å²) in [5.41, 5.74) is 14.5. The van der Waals surface area contributed by atoms with E-state index in [1.165, 1.54) is 0 Å². The van der Waals surface area contributed by atoms with E-state index in [9.17, 15) is 14.4 Å². The normalized spacial score (nSPS) is 21.5. The van der Waals surface area contributed by atoms with Crippen LogP contribution in [0.3, 0.4) is 0 Å². The Kier molecular flexibility index (Phi) is 31.5. The molecule has 5 saturated heterocycles. The summed E-state index contributed by atoms with van der Waals surface area (Å²) in [6.07, 6.45) is 39.0. The fraction of sp³-hybridized carbons (Fsp3) is 0.465. The smallest absolute Gasteiger partial charge is 0.270 e. The van der Waals surface area contributed by atoms with Gasteiger partial charge in [-0.1, -0.05) is 19.1 Å². The van der Waals surface area contributed by atoms with Gasteiger partial charge in [0.05, 0.1) is 105 Å². The molecule has 4 N–H and O–H groups in total. The summed E-state index contributed by atoms with van der Waals surface area (Å²) in [4.78, 5) is 107. The number of pyridine rings is 3. The quantitative estimate of drug-likeness (QED) is 0.0489. The van der Waals surface area contributed by atoms with Crippen LogP contribution in [0, 0.1) is 6.92 Å². The second kappa shape index (κ2) is 45.7. The van der Waals surface area contributed by atoms with Gasteiger partial charge in [0.15, 0.2) is 0 Å². The van der Waals surface area contributed by atoms with Crippen LogP contribution in [0.4, 0.5) is 34.5 Å². The maximum Gasteiger partial charge on any atom is 0.270 e. The molecule has 0 spiro atoms. The van der Waals surface area contributed by atoms with E-state index in [-0.39, 0.29) is 60.3 Å². The van der Waals surface area contributed by atoms with Crippen LogP contribution in [0.1, 0.15) is 165 Å². The van der Waals surface area contributed by atoms with Gasteiger partial charge in [-0.2, -0.15) is 0 Å². The Labute approximate surface area is 794 Å². The van der Waals surface area contributed by atoms with Crippen LogP contribution < -0.4 is 59.8 Å². The highest BCUT2D eigenvalue weighted by Gasteiger charge is 2.33. The van der Waals surface area contributed by atoms with Gasteiger partial charge in [0.2, 0.25) is 5.95 Å². The van der Waals surface area contributed by atoms with E-state index in [1.807, 2.05) is 48.4 Å². The van der Waals surface area contributed by atoms with Crippen molar-refractivity contribution >= 4 is 112 Å². The minimum Gasteiger partial charge on any atom is -0.488 e. The summed E-state index contributed by atoms with van der Waals surface area (Å²) in [5.74, 6) is 4.49. The standard InChI is InChI=1S/C27H33N7O3.C26H31N5O3.C25H29N5O3.C23H26BrN5O2/c35-26(34-9-1-2-10-34)19-17-30-27(31-18-19)32-20-3-5-22(6-4-20)37-24-16-21(33-11-13-36-14-12-33)15-23-25(24)29-8-7-28-23;1-2-18-3-8-22(29-17-18)26(32)30-19-4-6-21(7-5-19)34-24-16-20(31-11-13-33-14-12-31)15-23-25(24)28-10-9-27-23;1-17-3-2-4-21(28-17)25(31)29-18-5-7-20(8-6-18)33-23-16-19(30-11-13-32-14-12-30)15-22-24(23)27-10-9-26-22;24-16-1-6-22(27-15-16)28-17-2-4-19(5-3-17)31-21-14-18(29-9-11-30-12-10-29)13-20-23(21)26-8-7-25-20/h7-8,15-18,20,22H,1-6,9-14H2,(H,30,31,32);3,8-10,15-17,19,21H,2,4-7,11-14H2,1H3,(H,30,32);2-4,9-10,15-16,18,20H,5-8,11-14H2,1H3,(H,29,31);1,6-8,13-15,17,19H,2-5,9-12H2,(H,27,28). The van der Waals surface area contributed by atoms with Crippen molar-refractivity contribution in [3.63, 3.8) is 0 Å². The van der Waals surface area contributed by atoms with Crippen molar-refractivity contribution in [2.24, 2.45) is 0 Å². The van der Waals surface area contributed by atoms with Crippen LogP contribution in [0.15, 0.2) is 170 Å². The Hall–Kier alpha value is -12.5. The number of benzene rings is 4. The first-order valence-electron chi connectivity index (χ1n) is 48.0. The number of rotatable bonds is 22. The van der Waals surface area contributed by atoms with Crippen LogP contribution >= 0.6 is 15.9 Å². The van der Waals surface area contributed by atoms with Crippen LogP contribution in [0.25, 0.3) is 44.1 Å². The van der Waals surface area contributed by atoms with Gasteiger partial charge in [0.1, 0.15) is 62.3 Å². The van der Waals surface area contributed by atoms with Gasteiger partial charge in [-0.15, -0.1) is 0 Å². The maximum atomic E-state index is 12.6. The summed E-state index contributed by atoms with van der Waals surface area (Å²) in [7, 11) is 0. The monoisotopic (exact) mass is 1890 g/mol. The first-order valence-corrected chi connectivity index (χ1v) is 48.8. The molecule has 5 aliphatic heterocycles. The molecule has 12 aromatic rings. The number of amides is 3. The molecule has 21 rings (SSSR count). The number of aromatic nitrogens is 13. The molecule has 0 bridgehead atoms. The van der Waals surface area contributed by atoms with E-state index in [4.69, 9.17) is 37.9 Å². The lowest BCUT2D eigenvalue weighted by atomic mass is 9.92. The number of nitrogens with zero attached hydrogens (tertiary/aromatic N) is 18. The van der Waals surface area contributed by atoms with E-state index in [0.29, 0.717) is 28.9 Å². The maximum absolute atomic E-state index is 12.6. The third-order valence-corrected chi connectivity index (χ3v) is 26.9. The Balaban J connectivity index is 0.000000120. The Morgan fingerprint density at radius 1 is 0.378 bits per heavy atom. The van der Waals surface area contributed by atoms with E-state index >= 15 is 0 Å². The molecule has 3 amide bonds. The number of aryl methyl sites for hydroxylation is 2. The van der Waals surface area contributed by atoms with E-state index in [0.717, 1.165) is 352 Å². The topological polar surface area (TPSA) is 357 Å². The number of ether oxygens (including phenoxy) is 8. The van der Waals surface area contributed by atoms with Gasteiger partial charge in [-0.3, -0.25) is 39.3 Å². The minimum atomic E-state index is -0.109. The molecule has 4 aromatic carbocycles. The van der Waals surface area contributed by atoms with Crippen LogP contribution in [-0.4, -0.2) is 254 Å². The molecule has 0 atom stereocenters. The van der Waals surface area contributed by atoms with Gasteiger partial charge < -0.3 is 83.7 Å². The average Bonchev–Trinajstić information content (AvgIpc) is 1.10. The molecule has 9 fully saturated rings. The van der Waals surface area contributed by atoms with Crippen LogP contribution in [0.2, 0.25) is 0 Å². The molecule has 135 heavy (non-hydrogen) atoms. The molecular weight excluding hydrogens is 1780 g/mol. The van der Waals surface area contributed by atoms with Gasteiger partial charge in [-0.25, -0.2) is 39.9 Å². The number of carbonyl (C=O) groups is 3. The number of likely N-dealkylation sites (tertiary alicyclic amines) is 1. The van der Waals surface area contributed by atoms with Crippen molar-refractivity contribution < 1.29 is 52.3 Å². The number of anilines is 6. The minimum absolute atomic E-state index is 0.0246. The predicted molar refractivity (Wildman–Crippen MR) is 521 cm³/mol. The van der Waals surface area contributed by atoms with Crippen LogP contribution in [-0.2, 0) is 25.4 Å². The Bertz CT molecular complexity index is 5920. The number of halogens is 1. The highest BCUT2D eigenvalue weighted by atomic mass is 79.9. The molecule has 34 heteroatoms. The van der Waals surface area contributed by atoms with Crippen molar-refractivity contribution in [1.82, 2.24) is 80.3 Å². The fourth-order valence-corrected chi connectivity index (χ4v) is 19.2. The largest absolute Gasteiger partial charge is 0.488 e. The molecule has 9 aliphatic rings. The zero-order valence-corrected chi connectivity index (χ0v) is 78.4. The number of hydrogen-bond acceptors (Lipinski definition) is 30. The third kappa shape index (κ3) is 24.8. The van der Waals surface area contributed by atoms with Gasteiger partial charge in [0.25, 0.3) is 17.7 Å². The first kappa shape index (κ1) is 92.9. The number of carbonyl (C=O) groups excluding carboxylic acids is 3. The highest BCUT2D eigenvalue weighted by molar-refractivity contribution is 9.10. The zero-order chi connectivity index (χ0) is 92.0. The molecule has 8 aromatic heterocycles. The van der Waals surface area contributed by atoms with Gasteiger partial charge in [0, 0.05) is 221 Å². The van der Waals surface area contributed by atoms with E-state index in [1.54, 1.807) is 80.3 Å². The Morgan fingerprint density at radius 2 is 0.748 bits per heavy atom. The molecule has 706 valence electrons. The van der Waals surface area contributed by atoms with Gasteiger partial charge >= 0.3 is 0 Å². The summed E-state index contributed by atoms with van der Waals surface area (Å²) < 4.78 is 49.0. The van der Waals surface area contributed by atoms with E-state index in [2.05, 4.69) is 177 Å². The zero-order valence-electron chi connectivity index (χ0n) is 76.8. The van der Waals surface area contributed by atoms with Crippen molar-refractivity contribution in [2.75, 3.05) is 149 Å². The Morgan fingerprint density at radius 3 is 1.10 bits per heavy atom. The van der Waals surface area contributed by atoms with Gasteiger partial charge in [-0.05, 0) is 205 Å². The summed E-state index contributed by atoms with van der Waals surface area (Å²) in [6, 6.07) is 31.0. The number of nitrogens with one attached hydrogen (secondary N) is 4. The lowest BCUT2D eigenvalue weighted by Crippen LogP contribution is -2.40. The number of morpholine rings is 4. The number of fused-ring (bicyclic) bond motifs is 4. The molecule has 0 radical (unpaired) electrons. The lowest BCUT2D eigenvalue weighted by Gasteiger charge is -2.31. The molecule has 4 saturated carbocycles. The summed E-state index contributed by atoms with van der Waals surface area (Å²) in [6.45, 7) is 18.4. The molecule has 13 heterocycles. The third-order valence-electron chi connectivity index (χ3n) is 26.4. The summed E-state index contributed by atoms with van der Waals surface area (Å²) in [5, 5.41) is 13.3. The average molecular weight is 1900 g/mol. The first-order chi connectivity index (χ1) is 66.3. The molecule has 0 unspecified atom stereocenters. The van der Waals surface area contributed by atoms with E-state index < -0.39 is 0 Å². The molecule has 33 nitrogen and oxygen atoms in total. The van der Waals surface area contributed by atoms with Crippen molar-refractivity contribution in [3.05, 3.63) is 198 Å². The summed E-state index contributed by atoms with van der Waals surface area (Å²) >= 11 is 3.43. The lowest BCUT2D eigenvalue weighted by molar-refractivity contribution is 0.0791. The predicted octanol–water partition coefficient (Wildman–Crippen LogP) is 14.6. The second-order valence-corrected chi connectivity index (χ2v) is 36.6. The molecular formula is C101H119BrN22O11. The van der Waals surface area contributed by atoms with Crippen LogP contribution in [0.5, 0.6) is 23.0 Å². The van der Waals surface area contributed by atoms with Crippen molar-refractivity contribution in [3.8, 4) is 23.0 Å². The highest BCUT2D eigenvalue weighted by Crippen LogP contribution is 2.40. The molecule has 4 aliphatic carbocycles. The number of hydrogen-bond donors (Lipinski definition) is 4.